The standard InChI is InChI=1S/C22H23N3O2/c26-21(17-7-3-1-4-8-17)18-11-13-24(14-12-18)22(27)19-15-23-25(16-19)20-9-5-2-6-10-20/h1-10,15-16,18,21,26H,11-14H2/t21-/m0/s1. The van der Waals surface area contributed by atoms with E-state index in [0.29, 0.717) is 18.7 Å². The van der Waals surface area contributed by atoms with Crippen LogP contribution < -0.4 is 0 Å². The van der Waals surface area contributed by atoms with E-state index in [9.17, 15) is 9.90 Å². The van der Waals surface area contributed by atoms with Crippen LogP contribution in [0.15, 0.2) is 73.1 Å². The van der Waals surface area contributed by atoms with E-state index in [2.05, 4.69) is 5.10 Å². The van der Waals surface area contributed by atoms with Crippen molar-refractivity contribution < 1.29 is 9.90 Å². The summed E-state index contributed by atoms with van der Waals surface area (Å²) in [6.45, 7) is 1.31. The molecule has 1 amide bonds. The predicted octanol–water partition coefficient (Wildman–Crippen LogP) is 3.46. The number of piperidine rings is 1. The Morgan fingerprint density at radius 1 is 1.00 bits per heavy atom. The maximum atomic E-state index is 12.8. The lowest BCUT2D eigenvalue weighted by atomic mass is 9.87. The Bertz CT molecular complexity index is 884. The highest BCUT2D eigenvalue weighted by atomic mass is 16.3. The molecule has 3 aromatic rings. The molecular formula is C22H23N3O2. The zero-order valence-corrected chi connectivity index (χ0v) is 15.1. The zero-order chi connectivity index (χ0) is 18.6. The smallest absolute Gasteiger partial charge is 0.257 e. The average molecular weight is 361 g/mol. The number of aromatic nitrogens is 2. The largest absolute Gasteiger partial charge is 0.388 e. The highest BCUT2D eigenvalue weighted by Crippen LogP contribution is 2.31. The van der Waals surface area contributed by atoms with Gasteiger partial charge in [-0.15, -0.1) is 0 Å². The third-order valence-corrected chi connectivity index (χ3v) is 5.26. The number of hydrogen-bond donors (Lipinski definition) is 1. The summed E-state index contributed by atoms with van der Waals surface area (Å²) in [6, 6.07) is 19.5. The van der Waals surface area contributed by atoms with Crippen LogP contribution in [0.25, 0.3) is 5.69 Å². The molecule has 1 atom stereocenters. The first-order valence-electron chi connectivity index (χ1n) is 9.35. The van der Waals surface area contributed by atoms with Crippen LogP contribution in [0, 0.1) is 5.92 Å². The number of aliphatic hydroxyl groups excluding tert-OH is 1. The van der Waals surface area contributed by atoms with Crippen molar-refractivity contribution in [3.63, 3.8) is 0 Å². The van der Waals surface area contributed by atoms with Crippen molar-refractivity contribution in [1.82, 2.24) is 14.7 Å². The van der Waals surface area contributed by atoms with Crippen molar-refractivity contribution in [1.29, 1.82) is 0 Å². The minimum absolute atomic E-state index is 0.00447. The van der Waals surface area contributed by atoms with Crippen molar-refractivity contribution in [2.45, 2.75) is 18.9 Å². The number of para-hydroxylation sites is 1. The fraction of sp³-hybridized carbons (Fsp3) is 0.273. The number of nitrogens with zero attached hydrogens (tertiary/aromatic N) is 3. The number of likely N-dealkylation sites (tertiary alicyclic amines) is 1. The lowest BCUT2D eigenvalue weighted by Gasteiger charge is -2.34. The minimum atomic E-state index is -0.468. The molecule has 27 heavy (non-hydrogen) atoms. The van der Waals surface area contributed by atoms with Gasteiger partial charge in [-0.1, -0.05) is 48.5 Å². The van der Waals surface area contributed by atoms with Gasteiger partial charge in [0.05, 0.1) is 23.6 Å². The van der Waals surface area contributed by atoms with Gasteiger partial charge in [-0.2, -0.15) is 5.10 Å². The molecule has 2 heterocycles. The van der Waals surface area contributed by atoms with E-state index in [0.717, 1.165) is 24.1 Å². The van der Waals surface area contributed by atoms with Crippen LogP contribution >= 0.6 is 0 Å². The molecule has 1 saturated heterocycles. The summed E-state index contributed by atoms with van der Waals surface area (Å²) in [6.07, 6.45) is 4.54. The Balaban J connectivity index is 1.38. The first-order chi connectivity index (χ1) is 13.2. The monoisotopic (exact) mass is 361 g/mol. The highest BCUT2D eigenvalue weighted by Gasteiger charge is 2.29. The van der Waals surface area contributed by atoms with Crippen molar-refractivity contribution >= 4 is 5.91 Å². The predicted molar refractivity (Wildman–Crippen MR) is 104 cm³/mol. The number of benzene rings is 2. The molecule has 0 spiro atoms. The van der Waals surface area contributed by atoms with Gasteiger partial charge in [0, 0.05) is 19.3 Å². The van der Waals surface area contributed by atoms with Crippen LogP contribution in [0.2, 0.25) is 0 Å². The van der Waals surface area contributed by atoms with Crippen LogP contribution in [0.4, 0.5) is 0 Å². The fourth-order valence-corrected chi connectivity index (χ4v) is 3.68. The van der Waals surface area contributed by atoms with E-state index in [4.69, 9.17) is 0 Å². The van der Waals surface area contributed by atoms with Gasteiger partial charge in [0.1, 0.15) is 0 Å². The number of aliphatic hydroxyl groups is 1. The van der Waals surface area contributed by atoms with Gasteiger partial charge in [-0.25, -0.2) is 4.68 Å². The van der Waals surface area contributed by atoms with Crippen LogP contribution in [0.5, 0.6) is 0 Å². The molecule has 0 saturated carbocycles. The van der Waals surface area contributed by atoms with Crippen molar-refractivity contribution in [2.24, 2.45) is 5.92 Å². The summed E-state index contributed by atoms with van der Waals surface area (Å²) in [7, 11) is 0. The molecule has 0 unspecified atom stereocenters. The second-order valence-electron chi connectivity index (χ2n) is 6.99. The van der Waals surface area contributed by atoms with Gasteiger partial charge in [0.25, 0.3) is 5.91 Å². The lowest BCUT2D eigenvalue weighted by Crippen LogP contribution is -2.39. The van der Waals surface area contributed by atoms with E-state index >= 15 is 0 Å². The molecule has 138 valence electrons. The van der Waals surface area contributed by atoms with Crippen LogP contribution in [-0.4, -0.2) is 38.8 Å². The van der Waals surface area contributed by atoms with Gasteiger partial charge >= 0.3 is 0 Å². The molecule has 0 bridgehead atoms. The molecule has 2 aromatic carbocycles. The summed E-state index contributed by atoms with van der Waals surface area (Å²) in [5.74, 6) is 0.188. The van der Waals surface area contributed by atoms with Gasteiger partial charge in [-0.05, 0) is 36.5 Å². The molecular weight excluding hydrogens is 338 g/mol. The molecule has 5 heteroatoms. The molecule has 1 N–H and O–H groups in total. The van der Waals surface area contributed by atoms with Gasteiger partial charge < -0.3 is 10.0 Å². The summed E-state index contributed by atoms with van der Waals surface area (Å²) >= 11 is 0. The summed E-state index contributed by atoms with van der Waals surface area (Å²) in [5, 5.41) is 14.9. The molecule has 1 fully saturated rings. The third kappa shape index (κ3) is 3.78. The minimum Gasteiger partial charge on any atom is -0.388 e. The van der Waals surface area contributed by atoms with E-state index in [1.165, 1.54) is 0 Å². The molecule has 5 nitrogen and oxygen atoms in total. The molecule has 1 aromatic heterocycles. The molecule has 0 radical (unpaired) electrons. The van der Waals surface area contributed by atoms with Gasteiger partial charge in [-0.3, -0.25) is 4.79 Å². The molecule has 1 aliphatic heterocycles. The van der Waals surface area contributed by atoms with Gasteiger partial charge in [0.2, 0.25) is 0 Å². The zero-order valence-electron chi connectivity index (χ0n) is 15.1. The first-order valence-corrected chi connectivity index (χ1v) is 9.35. The third-order valence-electron chi connectivity index (χ3n) is 5.26. The topological polar surface area (TPSA) is 58.4 Å². The van der Waals surface area contributed by atoms with Crippen LogP contribution in [-0.2, 0) is 0 Å². The Morgan fingerprint density at radius 3 is 2.30 bits per heavy atom. The maximum absolute atomic E-state index is 12.8. The van der Waals surface area contributed by atoms with Gasteiger partial charge in [0.15, 0.2) is 0 Å². The number of amides is 1. The van der Waals surface area contributed by atoms with Crippen molar-refractivity contribution in [3.8, 4) is 5.69 Å². The fourth-order valence-electron chi connectivity index (χ4n) is 3.68. The molecule has 0 aliphatic carbocycles. The maximum Gasteiger partial charge on any atom is 0.257 e. The number of rotatable bonds is 4. The number of carbonyl (C=O) groups excluding carboxylic acids is 1. The van der Waals surface area contributed by atoms with Crippen LogP contribution in [0.3, 0.4) is 0 Å². The number of carbonyl (C=O) groups is 1. The van der Waals surface area contributed by atoms with Crippen molar-refractivity contribution in [3.05, 3.63) is 84.2 Å². The lowest BCUT2D eigenvalue weighted by molar-refractivity contribution is 0.0462. The quantitative estimate of drug-likeness (QED) is 0.774. The second kappa shape index (κ2) is 7.76. The Kier molecular flexibility index (Phi) is 5.03. The highest BCUT2D eigenvalue weighted by molar-refractivity contribution is 5.93. The second-order valence-corrected chi connectivity index (χ2v) is 6.99. The Morgan fingerprint density at radius 2 is 1.63 bits per heavy atom. The van der Waals surface area contributed by atoms with E-state index in [-0.39, 0.29) is 11.8 Å². The molecule has 4 rings (SSSR count). The van der Waals surface area contributed by atoms with E-state index in [1.807, 2.05) is 65.6 Å². The summed E-state index contributed by atoms with van der Waals surface area (Å²) in [5.41, 5.74) is 2.48. The SMILES string of the molecule is O=C(c1cnn(-c2ccccc2)c1)N1CCC([C@@H](O)c2ccccc2)CC1. The van der Waals surface area contributed by atoms with Crippen LogP contribution in [0.1, 0.15) is 34.9 Å². The summed E-state index contributed by atoms with van der Waals surface area (Å²) < 4.78 is 1.72. The van der Waals surface area contributed by atoms with E-state index < -0.39 is 6.10 Å². The Labute approximate surface area is 158 Å². The van der Waals surface area contributed by atoms with Crippen molar-refractivity contribution in [2.75, 3.05) is 13.1 Å². The Hall–Kier alpha value is -2.92. The molecule has 1 aliphatic rings. The normalized spacial score (nSPS) is 16.3. The first kappa shape index (κ1) is 17.5. The summed E-state index contributed by atoms with van der Waals surface area (Å²) in [4.78, 5) is 14.7. The number of hydrogen-bond acceptors (Lipinski definition) is 3. The average Bonchev–Trinajstić information content (AvgIpc) is 3.24. The van der Waals surface area contributed by atoms with E-state index in [1.54, 1.807) is 17.1 Å².